The lowest BCUT2D eigenvalue weighted by atomic mass is 10.1. The van der Waals surface area contributed by atoms with E-state index in [1.54, 1.807) is 12.1 Å². The molecule has 2 rings (SSSR count). The number of halogens is 1. The zero-order valence-electron chi connectivity index (χ0n) is 11.6. The molecule has 0 spiro atoms. The summed E-state index contributed by atoms with van der Waals surface area (Å²) in [6.45, 7) is 0.407. The number of nitrogens with one attached hydrogen (secondary N) is 2. The van der Waals surface area contributed by atoms with Gasteiger partial charge in [0.25, 0.3) is 0 Å². The number of aliphatic carboxylic acids is 1. The van der Waals surface area contributed by atoms with E-state index in [4.69, 9.17) is 5.11 Å². The highest BCUT2D eigenvalue weighted by Gasteiger charge is 2.30. The van der Waals surface area contributed by atoms with Gasteiger partial charge in [0, 0.05) is 12.6 Å². The molecule has 1 fully saturated rings. The summed E-state index contributed by atoms with van der Waals surface area (Å²) in [5.74, 6) is -1.45. The first-order valence-electron chi connectivity index (χ1n) is 7.06. The normalized spacial score (nSPS) is 21.0. The zero-order valence-corrected chi connectivity index (χ0v) is 11.6. The summed E-state index contributed by atoms with van der Waals surface area (Å²) >= 11 is 0. The van der Waals surface area contributed by atoms with Gasteiger partial charge < -0.3 is 15.7 Å². The molecule has 1 aliphatic carbocycles. The van der Waals surface area contributed by atoms with Crippen molar-refractivity contribution in [2.24, 2.45) is 5.92 Å². The summed E-state index contributed by atoms with van der Waals surface area (Å²) in [4.78, 5) is 22.5. The zero-order chi connectivity index (χ0) is 15.2. The molecule has 1 aromatic rings. The molecule has 0 heterocycles. The Hall–Kier alpha value is -2.11. The van der Waals surface area contributed by atoms with Gasteiger partial charge in [-0.1, -0.05) is 12.1 Å². The molecule has 1 aliphatic rings. The second-order valence-corrected chi connectivity index (χ2v) is 5.33. The molecule has 1 saturated carbocycles. The smallest absolute Gasteiger partial charge is 0.315 e. The van der Waals surface area contributed by atoms with Gasteiger partial charge >= 0.3 is 12.0 Å². The molecule has 0 aromatic heterocycles. The molecule has 1 aromatic carbocycles. The van der Waals surface area contributed by atoms with Crippen LogP contribution in [0.25, 0.3) is 0 Å². The van der Waals surface area contributed by atoms with E-state index in [0.29, 0.717) is 32.2 Å². The highest BCUT2D eigenvalue weighted by Crippen LogP contribution is 2.25. The summed E-state index contributed by atoms with van der Waals surface area (Å²) in [6.07, 6.45) is 2.32. The molecule has 0 radical (unpaired) electrons. The number of hydrogen-bond acceptors (Lipinski definition) is 2. The van der Waals surface area contributed by atoms with Gasteiger partial charge in [0.1, 0.15) is 5.82 Å². The van der Waals surface area contributed by atoms with Gasteiger partial charge in [-0.15, -0.1) is 0 Å². The van der Waals surface area contributed by atoms with Gasteiger partial charge in [0.05, 0.1) is 5.92 Å². The van der Waals surface area contributed by atoms with Crippen LogP contribution in [0.3, 0.4) is 0 Å². The fourth-order valence-corrected chi connectivity index (χ4v) is 2.59. The van der Waals surface area contributed by atoms with Crippen molar-refractivity contribution in [2.75, 3.05) is 6.54 Å². The fraction of sp³-hybridized carbons (Fsp3) is 0.467. The Morgan fingerprint density at radius 1 is 1.33 bits per heavy atom. The predicted molar refractivity (Wildman–Crippen MR) is 75.4 cm³/mol. The van der Waals surface area contributed by atoms with Crippen LogP contribution in [-0.4, -0.2) is 29.7 Å². The van der Waals surface area contributed by atoms with Crippen molar-refractivity contribution in [3.05, 3.63) is 35.6 Å². The van der Waals surface area contributed by atoms with Crippen LogP contribution in [0.2, 0.25) is 0 Å². The highest BCUT2D eigenvalue weighted by atomic mass is 19.1. The number of carboxylic acid groups (broad SMARTS) is 1. The molecule has 2 atom stereocenters. The van der Waals surface area contributed by atoms with E-state index >= 15 is 0 Å². The van der Waals surface area contributed by atoms with E-state index < -0.39 is 5.97 Å². The third-order valence-corrected chi connectivity index (χ3v) is 3.71. The first kappa shape index (κ1) is 15.3. The van der Waals surface area contributed by atoms with Gasteiger partial charge in [-0.3, -0.25) is 4.79 Å². The largest absolute Gasteiger partial charge is 0.481 e. The molecule has 2 unspecified atom stereocenters. The Morgan fingerprint density at radius 2 is 2.14 bits per heavy atom. The van der Waals surface area contributed by atoms with Crippen molar-refractivity contribution in [3.63, 3.8) is 0 Å². The average Bonchev–Trinajstić information content (AvgIpc) is 2.87. The van der Waals surface area contributed by atoms with E-state index in [1.807, 2.05) is 0 Å². The molecule has 0 aliphatic heterocycles. The van der Waals surface area contributed by atoms with E-state index in [1.165, 1.54) is 12.1 Å². The number of rotatable bonds is 5. The molecule has 5 nitrogen and oxygen atoms in total. The minimum Gasteiger partial charge on any atom is -0.481 e. The standard InChI is InChI=1S/C15H19FN2O3/c16-12-3-1-2-10(8-12)6-7-17-15(21)18-13-5-4-11(9-13)14(19)20/h1-3,8,11,13H,4-7,9H2,(H,19,20)(H2,17,18,21). The molecule has 114 valence electrons. The van der Waals surface area contributed by atoms with Crippen LogP contribution in [-0.2, 0) is 11.2 Å². The summed E-state index contributed by atoms with van der Waals surface area (Å²) in [5, 5.41) is 14.4. The minimum absolute atomic E-state index is 0.0831. The monoisotopic (exact) mass is 294 g/mol. The van der Waals surface area contributed by atoms with Crippen LogP contribution in [0.5, 0.6) is 0 Å². The van der Waals surface area contributed by atoms with Gasteiger partial charge in [0.2, 0.25) is 0 Å². The maximum atomic E-state index is 13.0. The summed E-state index contributed by atoms with van der Waals surface area (Å²) in [5.41, 5.74) is 0.821. The summed E-state index contributed by atoms with van der Waals surface area (Å²) in [7, 11) is 0. The van der Waals surface area contributed by atoms with Crippen molar-refractivity contribution >= 4 is 12.0 Å². The van der Waals surface area contributed by atoms with Gasteiger partial charge in [-0.05, 0) is 43.4 Å². The molecular weight excluding hydrogens is 275 g/mol. The Bertz CT molecular complexity index is 521. The SMILES string of the molecule is O=C(NCCc1cccc(F)c1)NC1CCC(C(=O)O)C1. The number of carbonyl (C=O) groups is 2. The predicted octanol–water partition coefficient (Wildman–Crippen LogP) is 1.92. The van der Waals surface area contributed by atoms with Crippen molar-refractivity contribution in [2.45, 2.75) is 31.7 Å². The maximum absolute atomic E-state index is 13.0. The number of benzene rings is 1. The molecule has 0 bridgehead atoms. The summed E-state index contributed by atoms with van der Waals surface area (Å²) < 4.78 is 13.0. The number of hydrogen-bond donors (Lipinski definition) is 3. The van der Waals surface area contributed by atoms with Crippen LogP contribution in [0, 0.1) is 11.7 Å². The molecule has 3 N–H and O–H groups in total. The van der Waals surface area contributed by atoms with Gasteiger partial charge in [-0.25, -0.2) is 9.18 Å². The Balaban J connectivity index is 1.67. The number of urea groups is 1. The second kappa shape index (κ2) is 7.06. The molecule has 6 heteroatoms. The minimum atomic E-state index is -0.800. The average molecular weight is 294 g/mol. The fourth-order valence-electron chi connectivity index (χ4n) is 2.59. The Morgan fingerprint density at radius 3 is 2.81 bits per heavy atom. The van der Waals surface area contributed by atoms with Crippen molar-refractivity contribution in [1.82, 2.24) is 10.6 Å². The van der Waals surface area contributed by atoms with Crippen LogP contribution < -0.4 is 10.6 Å². The first-order chi connectivity index (χ1) is 10.0. The molecule has 21 heavy (non-hydrogen) atoms. The van der Waals surface area contributed by atoms with E-state index in [2.05, 4.69) is 10.6 Å². The van der Waals surface area contributed by atoms with Crippen molar-refractivity contribution < 1.29 is 19.1 Å². The number of amides is 2. The lowest BCUT2D eigenvalue weighted by Crippen LogP contribution is -2.41. The van der Waals surface area contributed by atoms with Crippen LogP contribution in [0.4, 0.5) is 9.18 Å². The third-order valence-electron chi connectivity index (χ3n) is 3.71. The second-order valence-electron chi connectivity index (χ2n) is 5.33. The van der Waals surface area contributed by atoms with E-state index in [9.17, 15) is 14.0 Å². The van der Waals surface area contributed by atoms with Crippen LogP contribution >= 0.6 is 0 Å². The van der Waals surface area contributed by atoms with Crippen LogP contribution in [0.15, 0.2) is 24.3 Å². The van der Waals surface area contributed by atoms with E-state index in [0.717, 1.165) is 5.56 Å². The van der Waals surface area contributed by atoms with E-state index in [-0.39, 0.29) is 23.8 Å². The molecule has 0 saturated heterocycles. The molecular formula is C15H19FN2O3. The Kier molecular flexibility index (Phi) is 5.14. The topological polar surface area (TPSA) is 78.4 Å². The van der Waals surface area contributed by atoms with Gasteiger partial charge in [0.15, 0.2) is 0 Å². The van der Waals surface area contributed by atoms with Crippen molar-refractivity contribution in [1.29, 1.82) is 0 Å². The third kappa shape index (κ3) is 4.73. The first-order valence-corrected chi connectivity index (χ1v) is 7.06. The quantitative estimate of drug-likeness (QED) is 0.776. The van der Waals surface area contributed by atoms with Crippen LogP contribution in [0.1, 0.15) is 24.8 Å². The maximum Gasteiger partial charge on any atom is 0.315 e. The number of carboxylic acids is 1. The lowest BCUT2D eigenvalue weighted by Gasteiger charge is -2.13. The number of carbonyl (C=O) groups excluding carboxylic acids is 1. The van der Waals surface area contributed by atoms with Gasteiger partial charge in [-0.2, -0.15) is 0 Å². The molecule has 2 amide bonds. The Labute approximate surface area is 122 Å². The summed E-state index contributed by atoms with van der Waals surface area (Å²) in [6, 6.07) is 5.87. The lowest BCUT2D eigenvalue weighted by molar-refractivity contribution is -0.141. The van der Waals surface area contributed by atoms with Crippen molar-refractivity contribution in [3.8, 4) is 0 Å². The highest BCUT2D eigenvalue weighted by molar-refractivity contribution is 5.75.